The molecule has 0 unspecified atom stereocenters. The lowest BCUT2D eigenvalue weighted by molar-refractivity contribution is -0.141. The highest BCUT2D eigenvalue weighted by Crippen LogP contribution is 2.34. The van der Waals surface area contributed by atoms with E-state index in [4.69, 9.17) is 4.52 Å². The Balaban J connectivity index is 1.96. The van der Waals surface area contributed by atoms with Crippen LogP contribution in [0.3, 0.4) is 0 Å². The zero-order valence-electron chi connectivity index (χ0n) is 19.1. The molecule has 0 saturated heterocycles. The van der Waals surface area contributed by atoms with Gasteiger partial charge in [0.1, 0.15) is 11.1 Å². The number of nitrogens with one attached hydrogen (secondary N) is 1. The minimum Gasteiger partial charge on any atom is -0.335 e. The van der Waals surface area contributed by atoms with Gasteiger partial charge in [0.15, 0.2) is 5.82 Å². The van der Waals surface area contributed by atoms with Crippen LogP contribution in [0.2, 0.25) is 0 Å². The summed E-state index contributed by atoms with van der Waals surface area (Å²) in [5, 5.41) is 5.05. The SMILES string of the molecule is CC(C)C(=O)Nc1cccnc1-c1nc2onc(C(F)(F)F)c2c(=O)n1[C@H](C)Cc1ccccc1. The van der Waals surface area contributed by atoms with E-state index in [-0.39, 0.29) is 29.0 Å². The standard InChI is InChI=1S/C24H22F3N5O3/c1-13(2)21(33)29-16-10-7-11-28-18(16)20-30-22-17(19(31-35-22)24(25,26)27)23(34)32(20)14(3)12-15-8-5-4-6-9-15/h4-11,13-14H,12H2,1-3H3,(H,29,33)/t14-/m1/s1. The summed E-state index contributed by atoms with van der Waals surface area (Å²) in [6.45, 7) is 5.11. The molecule has 0 fully saturated rings. The molecule has 0 aliphatic heterocycles. The molecule has 0 bridgehead atoms. The molecule has 8 nitrogen and oxygen atoms in total. The van der Waals surface area contributed by atoms with Crippen molar-refractivity contribution < 1.29 is 22.5 Å². The van der Waals surface area contributed by atoms with E-state index in [0.717, 1.165) is 10.1 Å². The summed E-state index contributed by atoms with van der Waals surface area (Å²) < 4.78 is 46.6. The van der Waals surface area contributed by atoms with Gasteiger partial charge in [0, 0.05) is 18.2 Å². The van der Waals surface area contributed by atoms with Crippen molar-refractivity contribution in [2.24, 2.45) is 5.92 Å². The Morgan fingerprint density at radius 1 is 1.11 bits per heavy atom. The number of benzene rings is 1. The van der Waals surface area contributed by atoms with Gasteiger partial charge < -0.3 is 9.84 Å². The van der Waals surface area contributed by atoms with Crippen LogP contribution in [-0.2, 0) is 17.4 Å². The zero-order chi connectivity index (χ0) is 25.3. The van der Waals surface area contributed by atoms with E-state index in [9.17, 15) is 22.8 Å². The van der Waals surface area contributed by atoms with Crippen LogP contribution in [0.1, 0.15) is 38.1 Å². The number of aromatic nitrogens is 4. The highest BCUT2D eigenvalue weighted by atomic mass is 19.4. The molecule has 3 aromatic heterocycles. The second kappa shape index (κ2) is 9.32. The summed E-state index contributed by atoms with van der Waals surface area (Å²) in [5.41, 5.74) is -1.72. The number of nitrogens with zero attached hydrogens (tertiary/aromatic N) is 4. The predicted octanol–water partition coefficient (Wildman–Crippen LogP) is 4.86. The van der Waals surface area contributed by atoms with Gasteiger partial charge in [-0.1, -0.05) is 49.3 Å². The van der Waals surface area contributed by atoms with Gasteiger partial charge in [-0.2, -0.15) is 18.2 Å². The number of pyridine rings is 1. The Bertz CT molecular complexity index is 1430. The molecule has 11 heteroatoms. The maximum atomic E-state index is 13.6. The molecule has 0 saturated carbocycles. The van der Waals surface area contributed by atoms with Gasteiger partial charge in [0.05, 0.1) is 5.69 Å². The Morgan fingerprint density at radius 2 is 1.83 bits per heavy atom. The molecular formula is C24H22F3N5O3. The number of hydrogen-bond acceptors (Lipinski definition) is 6. The summed E-state index contributed by atoms with van der Waals surface area (Å²) in [7, 11) is 0. The van der Waals surface area contributed by atoms with Crippen molar-refractivity contribution in [3.8, 4) is 11.5 Å². The normalized spacial score (nSPS) is 12.8. The first-order valence-electron chi connectivity index (χ1n) is 10.9. The number of anilines is 1. The average Bonchev–Trinajstić information content (AvgIpc) is 3.25. The minimum absolute atomic E-state index is 0.0459. The van der Waals surface area contributed by atoms with E-state index < -0.39 is 34.6 Å². The lowest BCUT2D eigenvalue weighted by atomic mass is 10.1. The topological polar surface area (TPSA) is 103 Å². The maximum Gasteiger partial charge on any atom is 0.437 e. The van der Waals surface area contributed by atoms with Crippen molar-refractivity contribution in [3.05, 3.63) is 70.3 Å². The van der Waals surface area contributed by atoms with E-state index in [0.29, 0.717) is 6.42 Å². The van der Waals surface area contributed by atoms with Crippen molar-refractivity contribution in [1.29, 1.82) is 0 Å². The first kappa shape index (κ1) is 24.1. The zero-order valence-corrected chi connectivity index (χ0v) is 19.1. The first-order valence-corrected chi connectivity index (χ1v) is 10.9. The van der Waals surface area contributed by atoms with Crippen molar-refractivity contribution in [2.45, 2.75) is 39.4 Å². The quantitative estimate of drug-likeness (QED) is 0.418. The van der Waals surface area contributed by atoms with Gasteiger partial charge in [-0.3, -0.25) is 19.1 Å². The molecule has 0 spiro atoms. The van der Waals surface area contributed by atoms with E-state index in [1.165, 1.54) is 6.20 Å². The summed E-state index contributed by atoms with van der Waals surface area (Å²) in [4.78, 5) is 34.4. The van der Waals surface area contributed by atoms with Crippen LogP contribution in [0, 0.1) is 5.92 Å². The monoisotopic (exact) mass is 485 g/mol. The third kappa shape index (κ3) is 4.79. The van der Waals surface area contributed by atoms with Gasteiger partial charge in [-0.25, -0.2) is 0 Å². The predicted molar refractivity (Wildman–Crippen MR) is 123 cm³/mol. The number of alkyl halides is 3. The second-order valence-electron chi connectivity index (χ2n) is 8.40. The van der Waals surface area contributed by atoms with Crippen LogP contribution >= 0.6 is 0 Å². The molecule has 0 aliphatic carbocycles. The average molecular weight is 485 g/mol. The maximum absolute atomic E-state index is 13.6. The van der Waals surface area contributed by atoms with Crippen molar-refractivity contribution in [2.75, 3.05) is 5.32 Å². The van der Waals surface area contributed by atoms with Gasteiger partial charge in [0.2, 0.25) is 11.6 Å². The highest BCUT2D eigenvalue weighted by Gasteiger charge is 2.40. The molecule has 0 aliphatic rings. The van der Waals surface area contributed by atoms with Crippen LogP contribution < -0.4 is 10.9 Å². The Morgan fingerprint density at radius 3 is 2.49 bits per heavy atom. The van der Waals surface area contributed by atoms with E-state index in [1.807, 2.05) is 30.3 Å². The lowest BCUT2D eigenvalue weighted by Crippen LogP contribution is -2.29. The largest absolute Gasteiger partial charge is 0.437 e. The third-order valence-corrected chi connectivity index (χ3v) is 5.43. The van der Waals surface area contributed by atoms with Crippen LogP contribution in [0.5, 0.6) is 0 Å². The summed E-state index contributed by atoms with van der Waals surface area (Å²) >= 11 is 0. The fourth-order valence-corrected chi connectivity index (χ4v) is 3.69. The van der Waals surface area contributed by atoms with Crippen LogP contribution in [0.15, 0.2) is 58.0 Å². The highest BCUT2D eigenvalue weighted by molar-refractivity contribution is 5.95. The van der Waals surface area contributed by atoms with Gasteiger partial charge in [-0.15, -0.1) is 0 Å². The summed E-state index contributed by atoms with van der Waals surface area (Å²) in [5.74, 6) is -0.692. The van der Waals surface area contributed by atoms with Crippen LogP contribution in [0.4, 0.5) is 18.9 Å². The van der Waals surface area contributed by atoms with Crippen molar-refractivity contribution in [3.63, 3.8) is 0 Å². The summed E-state index contributed by atoms with van der Waals surface area (Å²) in [6.07, 6.45) is -3.14. The Kier molecular flexibility index (Phi) is 6.42. The number of rotatable bonds is 6. The molecule has 3 heterocycles. The van der Waals surface area contributed by atoms with Gasteiger partial charge >= 0.3 is 6.18 Å². The first-order chi connectivity index (χ1) is 16.6. The van der Waals surface area contributed by atoms with Crippen LogP contribution in [0.25, 0.3) is 22.6 Å². The molecule has 35 heavy (non-hydrogen) atoms. The number of carbonyl (C=O) groups excluding carboxylic acids is 1. The van der Waals surface area contributed by atoms with Crippen molar-refractivity contribution >= 4 is 22.7 Å². The second-order valence-corrected chi connectivity index (χ2v) is 8.40. The molecule has 4 rings (SSSR count). The third-order valence-electron chi connectivity index (χ3n) is 5.43. The molecule has 1 aromatic carbocycles. The van der Waals surface area contributed by atoms with E-state index in [1.54, 1.807) is 32.9 Å². The number of hydrogen-bond donors (Lipinski definition) is 1. The van der Waals surface area contributed by atoms with Gasteiger partial charge in [-0.05, 0) is 31.0 Å². The van der Waals surface area contributed by atoms with Crippen LogP contribution in [-0.4, -0.2) is 25.6 Å². The summed E-state index contributed by atoms with van der Waals surface area (Å²) in [6, 6.07) is 11.7. The fraction of sp³-hybridized carbons (Fsp3) is 0.292. The molecule has 182 valence electrons. The molecule has 1 atom stereocenters. The number of carbonyl (C=O) groups is 1. The molecule has 1 N–H and O–H groups in total. The molecule has 1 amide bonds. The minimum atomic E-state index is -4.91. The number of fused-ring (bicyclic) bond motifs is 1. The van der Waals surface area contributed by atoms with E-state index >= 15 is 0 Å². The smallest absolute Gasteiger partial charge is 0.335 e. The Hall–Kier alpha value is -4.02. The lowest BCUT2D eigenvalue weighted by Gasteiger charge is -2.20. The molecular weight excluding hydrogens is 463 g/mol. The molecule has 0 radical (unpaired) electrons. The van der Waals surface area contributed by atoms with Crippen molar-refractivity contribution in [1.82, 2.24) is 19.7 Å². The number of amides is 1. The Labute approximate surface area is 197 Å². The van der Waals surface area contributed by atoms with Gasteiger partial charge in [0.25, 0.3) is 11.3 Å². The fourth-order valence-electron chi connectivity index (χ4n) is 3.69. The number of halogens is 3. The van der Waals surface area contributed by atoms with E-state index in [2.05, 4.69) is 20.4 Å². The molecule has 4 aromatic rings.